The Morgan fingerprint density at radius 3 is 2.52 bits per heavy atom. The molecule has 166 valence electrons. The van der Waals surface area contributed by atoms with Crippen LogP contribution in [0.5, 0.6) is 11.5 Å². The summed E-state index contributed by atoms with van der Waals surface area (Å²) in [5.41, 5.74) is 4.28. The monoisotopic (exact) mass is 504 g/mol. The minimum absolute atomic E-state index is 0.308. The van der Waals surface area contributed by atoms with Crippen LogP contribution >= 0.6 is 15.9 Å². The average Bonchev–Trinajstić information content (AvgIpc) is 2.84. The molecule has 0 bridgehead atoms. The van der Waals surface area contributed by atoms with Crippen molar-refractivity contribution in [3.8, 4) is 11.5 Å². The smallest absolute Gasteiger partial charge is 0.336 e. The number of nitrogens with zero attached hydrogens (tertiary/aromatic N) is 1. The summed E-state index contributed by atoms with van der Waals surface area (Å²) in [6, 6.07) is 21.2. The topological polar surface area (TPSA) is 77.0 Å². The second kappa shape index (κ2) is 12.2. The second-order valence-corrected chi connectivity index (χ2v) is 7.59. The Balaban J connectivity index is 1.63. The van der Waals surface area contributed by atoms with Crippen LogP contribution in [-0.2, 0) is 4.79 Å². The summed E-state index contributed by atoms with van der Waals surface area (Å²) in [5, 5.41) is 3.99. The van der Waals surface area contributed by atoms with Gasteiger partial charge in [0.25, 0.3) is 5.91 Å². The van der Waals surface area contributed by atoms with E-state index in [4.69, 9.17) is 9.47 Å². The Hall–Kier alpha value is -3.97. The van der Waals surface area contributed by atoms with Crippen LogP contribution in [0.4, 0.5) is 0 Å². The van der Waals surface area contributed by atoms with Crippen LogP contribution < -0.4 is 14.9 Å². The van der Waals surface area contributed by atoms with E-state index in [1.54, 1.807) is 54.6 Å². The first-order valence-corrected chi connectivity index (χ1v) is 10.8. The number of carbonyl (C=O) groups excluding carboxylic acids is 2. The van der Waals surface area contributed by atoms with Gasteiger partial charge in [-0.2, -0.15) is 5.10 Å². The van der Waals surface area contributed by atoms with Gasteiger partial charge >= 0.3 is 5.97 Å². The van der Waals surface area contributed by atoms with E-state index in [0.717, 1.165) is 10.0 Å². The fourth-order valence-electron chi connectivity index (χ4n) is 2.67. The van der Waals surface area contributed by atoms with Crippen LogP contribution in [0.15, 0.2) is 101 Å². The summed E-state index contributed by atoms with van der Waals surface area (Å²) < 4.78 is 11.6. The van der Waals surface area contributed by atoms with Crippen molar-refractivity contribution >= 4 is 40.1 Å². The van der Waals surface area contributed by atoms with E-state index >= 15 is 0 Å². The Bertz CT molecular complexity index is 1170. The first kappa shape index (κ1) is 23.7. The Labute approximate surface area is 200 Å². The van der Waals surface area contributed by atoms with E-state index < -0.39 is 5.97 Å². The van der Waals surface area contributed by atoms with Gasteiger partial charge in [-0.05, 0) is 54.1 Å². The molecule has 6 nitrogen and oxygen atoms in total. The molecule has 0 aliphatic carbocycles. The van der Waals surface area contributed by atoms with Crippen LogP contribution in [0.3, 0.4) is 0 Å². The van der Waals surface area contributed by atoms with Gasteiger partial charge in [-0.1, -0.05) is 58.9 Å². The van der Waals surface area contributed by atoms with Crippen molar-refractivity contribution in [3.63, 3.8) is 0 Å². The number of hydrazone groups is 1. The number of benzene rings is 3. The lowest BCUT2D eigenvalue weighted by atomic mass is 10.2. The number of ether oxygens (including phenoxy) is 2. The molecule has 3 aromatic rings. The van der Waals surface area contributed by atoms with E-state index in [-0.39, 0.29) is 5.91 Å². The molecule has 0 saturated heterocycles. The van der Waals surface area contributed by atoms with Gasteiger partial charge in [0, 0.05) is 21.7 Å². The van der Waals surface area contributed by atoms with Crippen molar-refractivity contribution in [2.24, 2.45) is 5.10 Å². The van der Waals surface area contributed by atoms with Crippen molar-refractivity contribution < 1.29 is 19.1 Å². The lowest BCUT2D eigenvalue weighted by Gasteiger charge is -2.07. The molecule has 0 aliphatic heterocycles. The highest BCUT2D eigenvalue weighted by molar-refractivity contribution is 9.10. The lowest BCUT2D eigenvalue weighted by molar-refractivity contribution is -0.128. The number of hydrogen-bond donors (Lipinski definition) is 1. The first-order valence-electron chi connectivity index (χ1n) is 9.97. The zero-order valence-electron chi connectivity index (χ0n) is 17.6. The summed E-state index contributed by atoms with van der Waals surface area (Å²) in [6.07, 6.45) is 6.07. The minimum Gasteiger partial charge on any atom is -0.490 e. The Morgan fingerprint density at radius 1 is 1.03 bits per heavy atom. The van der Waals surface area contributed by atoms with Crippen molar-refractivity contribution in [1.29, 1.82) is 0 Å². The van der Waals surface area contributed by atoms with Gasteiger partial charge in [-0.3, -0.25) is 4.79 Å². The quantitative estimate of drug-likeness (QED) is 0.106. The molecular weight excluding hydrogens is 484 g/mol. The molecule has 0 unspecified atom stereocenters. The molecule has 0 saturated carbocycles. The maximum absolute atomic E-state index is 12.3. The minimum atomic E-state index is -0.529. The summed E-state index contributed by atoms with van der Waals surface area (Å²) in [6.45, 7) is 3.98. The highest BCUT2D eigenvalue weighted by atomic mass is 79.9. The molecule has 33 heavy (non-hydrogen) atoms. The lowest BCUT2D eigenvalue weighted by Crippen LogP contribution is -2.17. The van der Waals surface area contributed by atoms with Crippen LogP contribution in [-0.4, -0.2) is 24.7 Å². The van der Waals surface area contributed by atoms with Gasteiger partial charge in [-0.15, -0.1) is 0 Å². The molecule has 0 radical (unpaired) electrons. The van der Waals surface area contributed by atoms with Gasteiger partial charge in [0.05, 0.1) is 6.21 Å². The number of carbonyl (C=O) groups is 2. The number of esters is 1. The van der Waals surface area contributed by atoms with Crippen LogP contribution in [0, 0.1) is 0 Å². The van der Waals surface area contributed by atoms with E-state index in [0.29, 0.717) is 29.2 Å². The molecule has 1 N–H and O–H groups in total. The molecule has 3 aromatic carbocycles. The molecule has 0 heterocycles. The molecule has 0 spiro atoms. The van der Waals surface area contributed by atoms with Gasteiger partial charge in [0.2, 0.25) is 0 Å². The van der Waals surface area contributed by atoms with E-state index in [1.807, 2.05) is 30.3 Å². The number of amides is 1. The number of rotatable bonds is 9. The zero-order valence-corrected chi connectivity index (χ0v) is 19.2. The standard InChI is InChI=1S/C26H21BrN2O4/c1-2-16-32-23-12-9-20(10-13-23)26(31)29-28-18-21-17-22(27)11-14-24(21)33-25(30)15-8-19-6-4-3-5-7-19/h2-15,17-18H,1,16H2,(H,29,31)/b15-8+,28-18-. The van der Waals surface area contributed by atoms with Crippen molar-refractivity contribution in [1.82, 2.24) is 5.43 Å². The van der Waals surface area contributed by atoms with Gasteiger partial charge in [0.1, 0.15) is 18.1 Å². The normalized spacial score (nSPS) is 10.8. The van der Waals surface area contributed by atoms with E-state index in [1.165, 1.54) is 12.3 Å². The summed E-state index contributed by atoms with van der Waals surface area (Å²) in [5.74, 6) is 0.0268. The fraction of sp³-hybridized carbons (Fsp3) is 0.0385. The van der Waals surface area contributed by atoms with Crippen molar-refractivity contribution in [3.05, 3.63) is 113 Å². The number of nitrogens with one attached hydrogen (secondary N) is 1. The largest absolute Gasteiger partial charge is 0.490 e. The van der Waals surface area contributed by atoms with E-state index in [9.17, 15) is 9.59 Å². The van der Waals surface area contributed by atoms with Crippen LogP contribution in [0.25, 0.3) is 6.08 Å². The van der Waals surface area contributed by atoms with Gasteiger partial charge in [-0.25, -0.2) is 10.2 Å². The predicted octanol–water partition coefficient (Wildman–Crippen LogP) is 5.40. The third-order valence-electron chi connectivity index (χ3n) is 4.25. The Morgan fingerprint density at radius 2 is 1.79 bits per heavy atom. The molecule has 0 aliphatic rings. The maximum Gasteiger partial charge on any atom is 0.336 e. The SMILES string of the molecule is C=CCOc1ccc(C(=O)N/N=C\c2cc(Br)ccc2OC(=O)/C=C/c2ccccc2)cc1. The van der Waals surface area contributed by atoms with Crippen LogP contribution in [0.2, 0.25) is 0 Å². The van der Waals surface area contributed by atoms with Crippen molar-refractivity contribution in [2.45, 2.75) is 0 Å². The first-order chi connectivity index (χ1) is 16.0. The third kappa shape index (κ3) is 7.59. The van der Waals surface area contributed by atoms with E-state index in [2.05, 4.69) is 33.0 Å². The average molecular weight is 505 g/mol. The fourth-order valence-corrected chi connectivity index (χ4v) is 3.05. The molecule has 3 rings (SSSR count). The highest BCUT2D eigenvalue weighted by Gasteiger charge is 2.08. The summed E-state index contributed by atoms with van der Waals surface area (Å²) in [4.78, 5) is 24.6. The van der Waals surface area contributed by atoms with Crippen LogP contribution in [0.1, 0.15) is 21.5 Å². The predicted molar refractivity (Wildman–Crippen MR) is 132 cm³/mol. The maximum atomic E-state index is 12.3. The second-order valence-electron chi connectivity index (χ2n) is 6.67. The highest BCUT2D eigenvalue weighted by Crippen LogP contribution is 2.22. The molecule has 0 fully saturated rings. The van der Waals surface area contributed by atoms with Gasteiger partial charge < -0.3 is 9.47 Å². The number of halogens is 1. The van der Waals surface area contributed by atoms with Gasteiger partial charge in [0.15, 0.2) is 0 Å². The summed E-state index contributed by atoms with van der Waals surface area (Å²) in [7, 11) is 0. The van der Waals surface area contributed by atoms with Crippen molar-refractivity contribution in [2.75, 3.05) is 6.61 Å². The summed E-state index contributed by atoms with van der Waals surface area (Å²) >= 11 is 3.38. The third-order valence-corrected chi connectivity index (χ3v) is 4.74. The zero-order chi connectivity index (χ0) is 23.5. The molecule has 1 amide bonds. The molecular formula is C26H21BrN2O4. The molecule has 0 aromatic heterocycles. The Kier molecular flexibility index (Phi) is 8.73. The molecule has 0 atom stereocenters. The number of hydrogen-bond acceptors (Lipinski definition) is 5. The molecule has 7 heteroatoms.